The molecule has 6 heteroatoms. The van der Waals surface area contributed by atoms with E-state index in [-0.39, 0.29) is 18.1 Å². The molecule has 2 aromatic heterocycles. The minimum absolute atomic E-state index is 0.0382. The van der Waals surface area contributed by atoms with Gasteiger partial charge in [-0.05, 0) is 37.4 Å². The first-order chi connectivity index (χ1) is 13.5. The maximum atomic E-state index is 12.9. The smallest absolute Gasteiger partial charge is 0.261 e. The number of carbonyl (C=O) groups excluding carboxylic acids is 1. The summed E-state index contributed by atoms with van der Waals surface area (Å²) in [5.74, 6) is 1.29. The molecule has 0 unspecified atom stereocenters. The summed E-state index contributed by atoms with van der Waals surface area (Å²) in [6.45, 7) is 5.09. The van der Waals surface area contributed by atoms with Gasteiger partial charge in [0.05, 0.1) is 19.1 Å². The molecular formula is C22H23NO4S. The largest absolute Gasteiger partial charge is 0.483 e. The molecular weight excluding hydrogens is 374 g/mol. The van der Waals surface area contributed by atoms with Gasteiger partial charge in [0, 0.05) is 29.0 Å². The summed E-state index contributed by atoms with van der Waals surface area (Å²) in [5, 5.41) is 2.01. The van der Waals surface area contributed by atoms with Crippen molar-refractivity contribution in [2.45, 2.75) is 39.0 Å². The zero-order valence-corrected chi connectivity index (χ0v) is 16.8. The zero-order chi connectivity index (χ0) is 19.6. The van der Waals surface area contributed by atoms with E-state index in [9.17, 15) is 4.79 Å². The fourth-order valence-corrected chi connectivity index (χ4v) is 4.08. The summed E-state index contributed by atoms with van der Waals surface area (Å²) in [6.07, 6.45) is 4.11. The monoisotopic (exact) mass is 397 g/mol. The summed E-state index contributed by atoms with van der Waals surface area (Å²) >= 11 is 1.63. The minimum Gasteiger partial charge on any atom is -0.483 e. The molecule has 146 valence electrons. The Balaban J connectivity index is 1.46. The third-order valence-corrected chi connectivity index (χ3v) is 5.50. The van der Waals surface area contributed by atoms with Crippen LogP contribution in [0.3, 0.4) is 0 Å². The molecule has 1 aliphatic heterocycles. The number of hydrogen-bond donors (Lipinski definition) is 0. The summed E-state index contributed by atoms with van der Waals surface area (Å²) in [5.41, 5.74) is 1.82. The summed E-state index contributed by atoms with van der Waals surface area (Å²) in [4.78, 5) is 15.8. The lowest BCUT2D eigenvalue weighted by molar-refractivity contribution is -0.134. The average molecular weight is 397 g/mol. The number of carbonyl (C=O) groups is 1. The molecule has 0 aliphatic carbocycles. The van der Waals surface area contributed by atoms with Gasteiger partial charge in [0.2, 0.25) is 0 Å². The average Bonchev–Trinajstić information content (AvgIpc) is 3.39. The van der Waals surface area contributed by atoms with E-state index in [1.165, 1.54) is 0 Å². The number of ether oxygens (including phenoxy) is 2. The van der Waals surface area contributed by atoms with Gasteiger partial charge in [0.15, 0.2) is 18.1 Å². The first-order valence-corrected chi connectivity index (χ1v) is 10.1. The van der Waals surface area contributed by atoms with Gasteiger partial charge in [-0.3, -0.25) is 4.79 Å². The fourth-order valence-electron chi connectivity index (χ4n) is 3.36. The zero-order valence-electron chi connectivity index (χ0n) is 16.0. The summed E-state index contributed by atoms with van der Waals surface area (Å²) < 4.78 is 17.1. The molecule has 1 aromatic carbocycles. The molecule has 28 heavy (non-hydrogen) atoms. The predicted octanol–water partition coefficient (Wildman–Crippen LogP) is 4.66. The van der Waals surface area contributed by atoms with Crippen LogP contribution in [0.15, 0.2) is 58.7 Å². The Bertz CT molecular complexity index is 895. The first-order valence-electron chi connectivity index (χ1n) is 9.25. The van der Waals surface area contributed by atoms with Crippen LogP contribution < -0.4 is 9.47 Å². The molecule has 0 saturated heterocycles. The molecule has 4 rings (SSSR count). The van der Waals surface area contributed by atoms with Crippen LogP contribution in [0.4, 0.5) is 0 Å². The topological polar surface area (TPSA) is 51.9 Å². The van der Waals surface area contributed by atoms with E-state index < -0.39 is 0 Å². The number of fused-ring (bicyclic) bond motifs is 1. The molecule has 0 fully saturated rings. The molecule has 0 bridgehead atoms. The Labute approximate surface area is 168 Å². The molecule has 3 heterocycles. The standard InChI is InChI=1S/C22H23NO4S/c1-22(2)11-17-5-3-7-19(21(17)27-22)26-15-20(24)23(12-16-8-9-25-14-16)13-18-6-4-10-28-18/h3-10,14H,11-13,15H2,1-2H3. The second kappa shape index (κ2) is 7.72. The van der Waals surface area contributed by atoms with Gasteiger partial charge in [0.25, 0.3) is 5.91 Å². The van der Waals surface area contributed by atoms with Gasteiger partial charge in [-0.15, -0.1) is 11.3 Å². The normalized spacial score (nSPS) is 14.4. The van der Waals surface area contributed by atoms with Gasteiger partial charge in [-0.2, -0.15) is 0 Å². The van der Waals surface area contributed by atoms with Crippen molar-refractivity contribution in [2.75, 3.05) is 6.61 Å². The van der Waals surface area contributed by atoms with Crippen molar-refractivity contribution in [3.05, 3.63) is 70.3 Å². The predicted molar refractivity (Wildman–Crippen MR) is 108 cm³/mol. The summed E-state index contributed by atoms with van der Waals surface area (Å²) in [7, 11) is 0. The summed E-state index contributed by atoms with van der Waals surface area (Å²) in [6, 6.07) is 11.7. The highest BCUT2D eigenvalue weighted by Crippen LogP contribution is 2.41. The van der Waals surface area contributed by atoms with E-state index in [0.29, 0.717) is 18.8 Å². The quantitative estimate of drug-likeness (QED) is 0.582. The van der Waals surface area contributed by atoms with Crippen LogP contribution in [0.5, 0.6) is 11.5 Å². The molecule has 5 nitrogen and oxygen atoms in total. The van der Waals surface area contributed by atoms with Crippen molar-refractivity contribution in [1.82, 2.24) is 4.90 Å². The Hall–Kier alpha value is -2.73. The second-order valence-corrected chi connectivity index (χ2v) is 8.56. The lowest BCUT2D eigenvalue weighted by atomic mass is 10.0. The maximum absolute atomic E-state index is 12.9. The van der Waals surface area contributed by atoms with Crippen molar-refractivity contribution in [2.24, 2.45) is 0 Å². The highest BCUT2D eigenvalue weighted by atomic mass is 32.1. The molecule has 1 amide bonds. The number of para-hydroxylation sites is 1. The number of rotatable bonds is 7. The molecule has 3 aromatic rings. The van der Waals surface area contributed by atoms with Crippen molar-refractivity contribution in [1.29, 1.82) is 0 Å². The fraction of sp³-hybridized carbons (Fsp3) is 0.318. The number of nitrogens with zero attached hydrogens (tertiary/aromatic N) is 1. The Morgan fingerprint density at radius 2 is 2.11 bits per heavy atom. The molecule has 0 saturated carbocycles. The van der Waals surface area contributed by atoms with E-state index in [0.717, 1.165) is 28.2 Å². The van der Waals surface area contributed by atoms with Crippen LogP contribution in [-0.4, -0.2) is 23.0 Å². The molecule has 0 radical (unpaired) electrons. The lowest BCUT2D eigenvalue weighted by Crippen LogP contribution is -2.33. The van der Waals surface area contributed by atoms with Gasteiger partial charge >= 0.3 is 0 Å². The lowest BCUT2D eigenvalue weighted by Gasteiger charge is -2.22. The Kier molecular flexibility index (Phi) is 5.13. The number of benzene rings is 1. The van der Waals surface area contributed by atoms with Gasteiger partial charge in [0.1, 0.15) is 5.60 Å². The van der Waals surface area contributed by atoms with Crippen LogP contribution in [0.2, 0.25) is 0 Å². The van der Waals surface area contributed by atoms with Gasteiger partial charge in [-0.25, -0.2) is 0 Å². The molecule has 0 atom stereocenters. The number of amides is 1. The van der Waals surface area contributed by atoms with E-state index in [4.69, 9.17) is 13.9 Å². The number of furan rings is 1. The van der Waals surface area contributed by atoms with Crippen LogP contribution in [0, 0.1) is 0 Å². The van der Waals surface area contributed by atoms with Gasteiger partial charge in [-0.1, -0.05) is 18.2 Å². The third-order valence-electron chi connectivity index (χ3n) is 4.64. The van der Waals surface area contributed by atoms with Crippen molar-refractivity contribution < 1.29 is 18.7 Å². The van der Waals surface area contributed by atoms with E-state index in [1.54, 1.807) is 28.8 Å². The van der Waals surface area contributed by atoms with Crippen molar-refractivity contribution >= 4 is 17.2 Å². The Morgan fingerprint density at radius 3 is 2.86 bits per heavy atom. The first kappa shape index (κ1) is 18.6. The molecule has 1 aliphatic rings. The maximum Gasteiger partial charge on any atom is 0.261 e. The third kappa shape index (κ3) is 4.22. The highest BCUT2D eigenvalue weighted by molar-refractivity contribution is 7.09. The highest BCUT2D eigenvalue weighted by Gasteiger charge is 2.32. The SMILES string of the molecule is CC1(C)Cc2cccc(OCC(=O)N(Cc3ccoc3)Cc3cccs3)c2O1. The van der Waals surface area contributed by atoms with E-state index >= 15 is 0 Å². The minimum atomic E-state index is -0.252. The molecule has 0 N–H and O–H groups in total. The van der Waals surface area contributed by atoms with E-state index in [1.807, 2.05) is 41.8 Å². The van der Waals surface area contributed by atoms with E-state index in [2.05, 4.69) is 13.8 Å². The number of hydrogen-bond acceptors (Lipinski definition) is 5. The Morgan fingerprint density at radius 1 is 1.21 bits per heavy atom. The molecule has 0 spiro atoms. The van der Waals surface area contributed by atoms with Crippen molar-refractivity contribution in [3.8, 4) is 11.5 Å². The van der Waals surface area contributed by atoms with Crippen LogP contribution in [-0.2, 0) is 24.3 Å². The van der Waals surface area contributed by atoms with Crippen LogP contribution >= 0.6 is 11.3 Å². The van der Waals surface area contributed by atoms with Crippen molar-refractivity contribution in [3.63, 3.8) is 0 Å². The number of thiophene rings is 1. The van der Waals surface area contributed by atoms with Gasteiger partial charge < -0.3 is 18.8 Å². The van der Waals surface area contributed by atoms with Crippen LogP contribution in [0.25, 0.3) is 0 Å². The second-order valence-electron chi connectivity index (χ2n) is 7.53. The van der Waals surface area contributed by atoms with Crippen LogP contribution in [0.1, 0.15) is 29.9 Å².